The van der Waals surface area contributed by atoms with E-state index in [1.807, 2.05) is 19.0 Å². The van der Waals surface area contributed by atoms with Gasteiger partial charge in [0.1, 0.15) is 29.3 Å². The number of benzene rings is 1. The lowest BCUT2D eigenvalue weighted by Crippen LogP contribution is -2.11. The van der Waals surface area contributed by atoms with E-state index in [9.17, 15) is 8.78 Å². The number of rotatable bonds is 3. The Balaban J connectivity index is 2.04. The van der Waals surface area contributed by atoms with Gasteiger partial charge in [0.05, 0.1) is 0 Å². The molecule has 0 aliphatic rings. The van der Waals surface area contributed by atoms with Crippen molar-refractivity contribution in [3.8, 4) is 0 Å². The lowest BCUT2D eigenvalue weighted by molar-refractivity contribution is 0.559. The van der Waals surface area contributed by atoms with Crippen LogP contribution in [0.5, 0.6) is 0 Å². The van der Waals surface area contributed by atoms with E-state index in [1.54, 1.807) is 0 Å². The highest BCUT2D eigenvalue weighted by atomic mass is 19.1. The van der Waals surface area contributed by atoms with Gasteiger partial charge >= 0.3 is 0 Å². The third-order valence-electron chi connectivity index (χ3n) is 3.15. The largest absolute Gasteiger partial charge is 0.361 e. The second-order valence-corrected chi connectivity index (χ2v) is 4.85. The summed E-state index contributed by atoms with van der Waals surface area (Å²) in [5, 5.41) is 0. The molecule has 1 N–H and O–H groups in total. The molecule has 0 spiro atoms. The van der Waals surface area contributed by atoms with Crippen molar-refractivity contribution in [2.24, 2.45) is 0 Å². The van der Waals surface area contributed by atoms with Crippen molar-refractivity contribution in [3.05, 3.63) is 47.5 Å². The Kier molecular flexibility index (Phi) is 3.25. The molecule has 21 heavy (non-hydrogen) atoms. The number of hydrogen-bond donors (Lipinski definition) is 1. The van der Waals surface area contributed by atoms with Gasteiger partial charge in [0.15, 0.2) is 11.5 Å². The average Bonchev–Trinajstić information content (AvgIpc) is 2.85. The van der Waals surface area contributed by atoms with Crippen molar-refractivity contribution in [2.45, 2.75) is 6.42 Å². The summed E-state index contributed by atoms with van der Waals surface area (Å²) in [5.41, 5.74) is 1.10. The molecular formula is C14H13F2N5. The summed E-state index contributed by atoms with van der Waals surface area (Å²) in [6.45, 7) is 0. The van der Waals surface area contributed by atoms with E-state index in [-0.39, 0.29) is 12.0 Å². The Morgan fingerprint density at radius 3 is 2.52 bits per heavy atom. The maximum absolute atomic E-state index is 13.7. The van der Waals surface area contributed by atoms with Gasteiger partial charge in [-0.3, -0.25) is 0 Å². The predicted octanol–water partition coefficient (Wildman–Crippen LogP) is 2.29. The number of hydrogen-bond acceptors (Lipinski definition) is 4. The van der Waals surface area contributed by atoms with Gasteiger partial charge in [-0.25, -0.2) is 23.7 Å². The first-order valence-corrected chi connectivity index (χ1v) is 6.36. The molecule has 0 amide bonds. The number of aromatic nitrogens is 4. The first-order valence-electron chi connectivity index (χ1n) is 6.36. The SMILES string of the molecule is CN(C)c1ncnc2nc(Cc3c(F)cccc3F)[nH]c12. The highest BCUT2D eigenvalue weighted by molar-refractivity contribution is 5.82. The third-order valence-corrected chi connectivity index (χ3v) is 3.15. The number of anilines is 1. The van der Waals surface area contributed by atoms with Gasteiger partial charge in [0.25, 0.3) is 0 Å². The number of aromatic amines is 1. The normalized spacial score (nSPS) is 11.0. The minimum atomic E-state index is -0.589. The van der Waals surface area contributed by atoms with Crippen molar-refractivity contribution in [1.82, 2.24) is 19.9 Å². The fourth-order valence-electron chi connectivity index (χ4n) is 2.16. The molecule has 2 heterocycles. The minimum Gasteiger partial charge on any atom is -0.361 e. The molecule has 5 nitrogen and oxygen atoms in total. The van der Waals surface area contributed by atoms with Crippen LogP contribution in [0.15, 0.2) is 24.5 Å². The molecule has 0 fully saturated rings. The van der Waals surface area contributed by atoms with Crippen LogP contribution < -0.4 is 4.90 Å². The molecule has 0 saturated carbocycles. The summed E-state index contributed by atoms with van der Waals surface area (Å²) in [7, 11) is 3.69. The van der Waals surface area contributed by atoms with E-state index in [4.69, 9.17) is 0 Å². The summed E-state index contributed by atoms with van der Waals surface area (Å²) in [5.74, 6) is -0.0610. The zero-order valence-electron chi connectivity index (χ0n) is 11.6. The van der Waals surface area contributed by atoms with Crippen LogP contribution in [-0.4, -0.2) is 34.0 Å². The number of nitrogens with zero attached hydrogens (tertiary/aromatic N) is 4. The zero-order valence-corrected chi connectivity index (χ0v) is 11.6. The topological polar surface area (TPSA) is 57.7 Å². The Labute approximate surface area is 119 Å². The van der Waals surface area contributed by atoms with Gasteiger partial charge in [-0.2, -0.15) is 0 Å². The number of fused-ring (bicyclic) bond motifs is 1. The van der Waals surface area contributed by atoms with E-state index in [0.29, 0.717) is 22.8 Å². The molecule has 3 aromatic rings. The highest BCUT2D eigenvalue weighted by Crippen LogP contribution is 2.21. The molecule has 7 heteroatoms. The van der Waals surface area contributed by atoms with Gasteiger partial charge < -0.3 is 9.88 Å². The lowest BCUT2D eigenvalue weighted by atomic mass is 10.1. The first-order chi connectivity index (χ1) is 10.1. The molecule has 3 rings (SSSR count). The maximum atomic E-state index is 13.7. The van der Waals surface area contributed by atoms with E-state index in [1.165, 1.54) is 24.5 Å². The molecule has 108 valence electrons. The van der Waals surface area contributed by atoms with Crippen LogP contribution in [0.1, 0.15) is 11.4 Å². The molecule has 0 aliphatic carbocycles. The third kappa shape index (κ3) is 2.42. The fraction of sp³-hybridized carbons (Fsp3) is 0.214. The molecule has 0 radical (unpaired) electrons. The summed E-state index contributed by atoms with van der Waals surface area (Å²) in [6.07, 6.45) is 1.44. The lowest BCUT2D eigenvalue weighted by Gasteiger charge is -2.10. The Hall–Kier alpha value is -2.57. The molecule has 2 aromatic heterocycles. The summed E-state index contributed by atoms with van der Waals surface area (Å²) < 4.78 is 27.4. The number of H-pyrrole nitrogens is 1. The Morgan fingerprint density at radius 2 is 1.86 bits per heavy atom. The van der Waals surface area contributed by atoms with Crippen LogP contribution in [0.3, 0.4) is 0 Å². The number of halogens is 2. The van der Waals surface area contributed by atoms with Crippen LogP contribution in [0.4, 0.5) is 14.6 Å². The standard InChI is InChI=1S/C14H13F2N5/c1-21(2)14-12-13(17-7-18-14)20-11(19-12)6-8-9(15)4-3-5-10(8)16/h3-5,7H,6H2,1-2H3,(H,17,18,19,20). The van der Waals surface area contributed by atoms with Crippen molar-refractivity contribution >= 4 is 17.0 Å². The Morgan fingerprint density at radius 1 is 1.14 bits per heavy atom. The van der Waals surface area contributed by atoms with Crippen molar-refractivity contribution in [2.75, 3.05) is 19.0 Å². The molecule has 0 unspecified atom stereocenters. The van der Waals surface area contributed by atoms with E-state index >= 15 is 0 Å². The summed E-state index contributed by atoms with van der Waals surface area (Å²) >= 11 is 0. The van der Waals surface area contributed by atoms with Crippen molar-refractivity contribution < 1.29 is 8.78 Å². The number of imidazole rings is 1. The van der Waals surface area contributed by atoms with Gasteiger partial charge in [0.2, 0.25) is 0 Å². The first kappa shape index (κ1) is 13.4. The summed E-state index contributed by atoms with van der Waals surface area (Å²) in [6, 6.07) is 3.79. The maximum Gasteiger partial charge on any atom is 0.183 e. The predicted molar refractivity (Wildman–Crippen MR) is 75.2 cm³/mol. The quantitative estimate of drug-likeness (QED) is 0.803. The van der Waals surface area contributed by atoms with E-state index < -0.39 is 11.6 Å². The Bertz CT molecular complexity index is 777. The van der Waals surface area contributed by atoms with Crippen LogP contribution in [0.2, 0.25) is 0 Å². The molecule has 0 atom stereocenters. The van der Waals surface area contributed by atoms with Gasteiger partial charge in [-0.15, -0.1) is 0 Å². The van der Waals surface area contributed by atoms with Crippen LogP contribution >= 0.6 is 0 Å². The second kappa shape index (κ2) is 5.08. The van der Waals surface area contributed by atoms with Crippen molar-refractivity contribution in [3.63, 3.8) is 0 Å². The zero-order chi connectivity index (χ0) is 15.0. The molecule has 0 saturated heterocycles. The van der Waals surface area contributed by atoms with Gasteiger partial charge in [0, 0.05) is 26.1 Å². The van der Waals surface area contributed by atoms with E-state index in [0.717, 1.165) is 0 Å². The van der Waals surface area contributed by atoms with Gasteiger partial charge in [-0.1, -0.05) is 6.07 Å². The fourth-order valence-corrected chi connectivity index (χ4v) is 2.16. The van der Waals surface area contributed by atoms with Crippen molar-refractivity contribution in [1.29, 1.82) is 0 Å². The van der Waals surface area contributed by atoms with Crippen LogP contribution in [0.25, 0.3) is 11.2 Å². The molecule has 0 aliphatic heterocycles. The minimum absolute atomic E-state index is 0.0177. The highest BCUT2D eigenvalue weighted by Gasteiger charge is 2.14. The van der Waals surface area contributed by atoms with Gasteiger partial charge in [-0.05, 0) is 12.1 Å². The van der Waals surface area contributed by atoms with Crippen LogP contribution in [0, 0.1) is 11.6 Å². The molecule has 0 bridgehead atoms. The number of nitrogens with one attached hydrogen (secondary N) is 1. The smallest absolute Gasteiger partial charge is 0.183 e. The van der Waals surface area contributed by atoms with Crippen LogP contribution in [-0.2, 0) is 6.42 Å². The molecular weight excluding hydrogens is 276 g/mol. The second-order valence-electron chi connectivity index (χ2n) is 4.85. The monoisotopic (exact) mass is 289 g/mol. The molecule has 1 aromatic carbocycles. The summed E-state index contributed by atoms with van der Waals surface area (Å²) in [4.78, 5) is 17.3. The van der Waals surface area contributed by atoms with E-state index in [2.05, 4.69) is 19.9 Å². The average molecular weight is 289 g/mol.